The number of nitrogens with two attached hydrogens (primary N) is 1. The van der Waals surface area contributed by atoms with E-state index in [4.69, 9.17) is 10.5 Å². The van der Waals surface area contributed by atoms with Crippen LogP contribution >= 0.6 is 0 Å². The van der Waals surface area contributed by atoms with Gasteiger partial charge in [0.1, 0.15) is 17.7 Å². The molecular formula is C22H28N10O3. The Morgan fingerprint density at radius 1 is 1.23 bits per heavy atom. The molecule has 1 aliphatic heterocycles. The van der Waals surface area contributed by atoms with Gasteiger partial charge in [0.25, 0.3) is 0 Å². The van der Waals surface area contributed by atoms with Crippen LogP contribution in [0, 0.1) is 5.92 Å². The molecule has 0 aliphatic carbocycles. The minimum absolute atomic E-state index is 0.120. The molecule has 0 bridgehead atoms. The number of hydrogen-bond donors (Lipinski definition) is 4. The minimum Gasteiger partial charge on any atom is -0.394 e. The normalized spacial score (nSPS) is 23.1. The molecule has 0 saturated carbocycles. The zero-order valence-electron chi connectivity index (χ0n) is 19.4. The Morgan fingerprint density at radius 2 is 2.03 bits per heavy atom. The molecule has 5 N–H and O–H groups in total. The summed E-state index contributed by atoms with van der Waals surface area (Å²) in [5, 5.41) is 36.5. The molecule has 5 atom stereocenters. The largest absolute Gasteiger partial charge is 0.394 e. The van der Waals surface area contributed by atoms with Gasteiger partial charge in [-0.15, -0.1) is 10.2 Å². The number of nitrogens with one attached hydrogen (secondary N) is 1. The fourth-order valence-electron chi connectivity index (χ4n) is 4.25. The number of aryl methyl sites for hydroxylation is 1. The number of imidazole rings is 1. The summed E-state index contributed by atoms with van der Waals surface area (Å²) in [6.45, 7) is 4.24. The van der Waals surface area contributed by atoms with Crippen molar-refractivity contribution in [2.24, 2.45) is 5.92 Å². The molecule has 35 heavy (non-hydrogen) atoms. The van der Waals surface area contributed by atoms with Gasteiger partial charge in [-0.1, -0.05) is 37.3 Å². The molecular weight excluding hydrogens is 452 g/mol. The number of anilines is 2. The predicted octanol–water partition coefficient (Wildman–Crippen LogP) is 0.697. The van der Waals surface area contributed by atoms with Crippen LogP contribution in [0.25, 0.3) is 11.2 Å². The van der Waals surface area contributed by atoms with Gasteiger partial charge in [-0.2, -0.15) is 14.8 Å². The molecule has 1 aromatic carbocycles. The molecule has 4 aromatic rings. The monoisotopic (exact) mass is 480 g/mol. The quantitative estimate of drug-likeness (QED) is 0.279. The van der Waals surface area contributed by atoms with E-state index in [0.29, 0.717) is 30.0 Å². The fraction of sp³-hybridized carbons (Fsp3) is 0.455. The third kappa shape index (κ3) is 4.40. The van der Waals surface area contributed by atoms with Crippen LogP contribution in [0.4, 0.5) is 11.8 Å². The second kappa shape index (κ2) is 9.52. The molecule has 4 heterocycles. The number of hydrogen-bond acceptors (Lipinski definition) is 11. The lowest BCUT2D eigenvalue weighted by Crippen LogP contribution is -2.28. The minimum atomic E-state index is -0.873. The fourth-order valence-corrected chi connectivity index (χ4v) is 4.25. The molecule has 1 saturated heterocycles. The number of nitrogens with zero attached hydrogens (tertiary/aromatic N) is 8. The third-order valence-electron chi connectivity index (χ3n) is 6.20. The van der Waals surface area contributed by atoms with Crippen LogP contribution in [0.15, 0.2) is 36.7 Å². The molecule has 13 nitrogen and oxygen atoms in total. The molecule has 3 aromatic heterocycles. The summed E-state index contributed by atoms with van der Waals surface area (Å²) in [5.41, 5.74) is 8.03. The predicted molar refractivity (Wildman–Crippen MR) is 126 cm³/mol. The number of rotatable bonds is 8. The van der Waals surface area contributed by atoms with E-state index in [9.17, 15) is 10.2 Å². The first-order chi connectivity index (χ1) is 17.0. The molecule has 13 heteroatoms. The zero-order valence-corrected chi connectivity index (χ0v) is 19.4. The Balaban J connectivity index is 1.42. The van der Waals surface area contributed by atoms with Crippen molar-refractivity contribution in [2.75, 3.05) is 17.7 Å². The van der Waals surface area contributed by atoms with Gasteiger partial charge in [-0.25, -0.2) is 4.98 Å². The summed E-state index contributed by atoms with van der Waals surface area (Å²) in [6, 6.07) is 9.49. The van der Waals surface area contributed by atoms with Gasteiger partial charge in [0.2, 0.25) is 11.8 Å². The van der Waals surface area contributed by atoms with E-state index >= 15 is 0 Å². The Kier molecular flexibility index (Phi) is 6.28. The maximum atomic E-state index is 11.0. The number of aliphatic hydroxyl groups is 2. The molecule has 0 radical (unpaired) electrons. The molecule has 1 fully saturated rings. The van der Waals surface area contributed by atoms with Gasteiger partial charge >= 0.3 is 0 Å². The van der Waals surface area contributed by atoms with Crippen molar-refractivity contribution in [2.45, 2.75) is 51.3 Å². The summed E-state index contributed by atoms with van der Waals surface area (Å²) in [5.74, 6) is 0.538. The van der Waals surface area contributed by atoms with E-state index in [2.05, 4.69) is 35.7 Å². The van der Waals surface area contributed by atoms with Crippen molar-refractivity contribution in [3.05, 3.63) is 48.0 Å². The lowest BCUT2D eigenvalue weighted by molar-refractivity contribution is -0.0382. The SMILES string of the molecule is CCn1nnc([C@H]2O[C@@H](n3cnc4c(N)nc(NC(CO)Cc5ccccc5)nc43)[C@H](O)[C@@H]2C)n1. The number of aromatic nitrogens is 8. The molecule has 1 unspecified atom stereocenters. The van der Waals surface area contributed by atoms with Gasteiger partial charge in [-0.05, 0) is 24.1 Å². The van der Waals surface area contributed by atoms with Crippen molar-refractivity contribution >= 4 is 22.9 Å². The highest BCUT2D eigenvalue weighted by Crippen LogP contribution is 2.42. The van der Waals surface area contributed by atoms with Crippen LogP contribution < -0.4 is 11.1 Å². The van der Waals surface area contributed by atoms with Gasteiger partial charge in [0.05, 0.1) is 25.5 Å². The number of benzene rings is 1. The van der Waals surface area contributed by atoms with E-state index in [0.717, 1.165) is 5.56 Å². The summed E-state index contributed by atoms with van der Waals surface area (Å²) in [7, 11) is 0. The maximum Gasteiger partial charge on any atom is 0.227 e. The van der Waals surface area contributed by atoms with Crippen LogP contribution in [0.5, 0.6) is 0 Å². The van der Waals surface area contributed by atoms with Gasteiger partial charge in [0.15, 0.2) is 17.7 Å². The third-order valence-corrected chi connectivity index (χ3v) is 6.20. The second-order valence-electron chi connectivity index (χ2n) is 8.60. The Morgan fingerprint density at radius 3 is 2.74 bits per heavy atom. The summed E-state index contributed by atoms with van der Waals surface area (Å²) >= 11 is 0. The van der Waals surface area contributed by atoms with Crippen molar-refractivity contribution < 1.29 is 14.9 Å². The van der Waals surface area contributed by atoms with Crippen LogP contribution in [-0.2, 0) is 17.7 Å². The van der Waals surface area contributed by atoms with E-state index in [-0.39, 0.29) is 30.3 Å². The molecule has 5 rings (SSSR count). The topological polar surface area (TPSA) is 175 Å². The van der Waals surface area contributed by atoms with Crippen molar-refractivity contribution in [3.63, 3.8) is 0 Å². The van der Waals surface area contributed by atoms with E-state index in [1.807, 2.05) is 44.2 Å². The molecule has 184 valence electrons. The van der Waals surface area contributed by atoms with Crippen LogP contribution in [0.1, 0.15) is 37.6 Å². The number of fused-ring (bicyclic) bond motifs is 1. The zero-order chi connectivity index (χ0) is 24.5. The first-order valence-electron chi connectivity index (χ1n) is 11.5. The first-order valence-corrected chi connectivity index (χ1v) is 11.5. The average molecular weight is 481 g/mol. The van der Waals surface area contributed by atoms with Gasteiger partial charge in [0, 0.05) is 5.92 Å². The number of aliphatic hydroxyl groups excluding tert-OH is 2. The molecule has 1 aliphatic rings. The average Bonchev–Trinajstić information content (AvgIpc) is 3.58. The van der Waals surface area contributed by atoms with E-state index < -0.39 is 18.4 Å². The highest BCUT2D eigenvalue weighted by Gasteiger charge is 2.45. The Bertz CT molecular complexity index is 1290. The summed E-state index contributed by atoms with van der Waals surface area (Å²) in [6.07, 6.45) is -0.107. The van der Waals surface area contributed by atoms with Crippen LogP contribution in [-0.4, -0.2) is 68.7 Å². The van der Waals surface area contributed by atoms with Crippen molar-refractivity contribution in [1.29, 1.82) is 0 Å². The maximum absolute atomic E-state index is 11.0. The van der Waals surface area contributed by atoms with Crippen molar-refractivity contribution in [1.82, 2.24) is 39.7 Å². The highest BCUT2D eigenvalue weighted by atomic mass is 16.5. The van der Waals surface area contributed by atoms with Gasteiger partial charge in [-0.3, -0.25) is 4.57 Å². The number of nitrogen functional groups attached to an aromatic ring is 1. The first kappa shape index (κ1) is 23.1. The van der Waals surface area contributed by atoms with Gasteiger partial charge < -0.3 is 26.0 Å². The lowest BCUT2D eigenvalue weighted by Gasteiger charge is -2.19. The van der Waals surface area contributed by atoms with E-state index in [1.54, 1.807) is 4.57 Å². The second-order valence-corrected chi connectivity index (χ2v) is 8.60. The number of ether oxygens (including phenoxy) is 1. The Labute approximate surface area is 201 Å². The summed E-state index contributed by atoms with van der Waals surface area (Å²) in [4.78, 5) is 14.7. The molecule has 0 spiro atoms. The van der Waals surface area contributed by atoms with Crippen LogP contribution in [0.2, 0.25) is 0 Å². The lowest BCUT2D eigenvalue weighted by atomic mass is 10.00. The summed E-state index contributed by atoms with van der Waals surface area (Å²) < 4.78 is 7.81. The highest BCUT2D eigenvalue weighted by molar-refractivity contribution is 5.83. The Hall–Kier alpha value is -3.68. The van der Waals surface area contributed by atoms with Crippen LogP contribution in [0.3, 0.4) is 0 Å². The van der Waals surface area contributed by atoms with Crippen molar-refractivity contribution in [3.8, 4) is 0 Å². The van der Waals surface area contributed by atoms with E-state index in [1.165, 1.54) is 11.1 Å². The standard InChI is InChI=1S/C22H28N10O3/c1-3-32-29-19(28-30-32)17-12(2)16(34)21(35-17)31-11-24-15-18(23)26-22(27-20(15)31)25-14(10-33)9-13-7-5-4-6-8-13/h4-8,11-12,14,16-17,21,33-34H,3,9-10H2,1-2H3,(H3,23,25,26,27)/t12-,14?,16+,17-,21+/m0/s1. The molecule has 0 amide bonds. The number of tetrazole rings is 1. The smallest absolute Gasteiger partial charge is 0.227 e.